The van der Waals surface area contributed by atoms with Crippen LogP contribution in [0.1, 0.15) is 75.9 Å². The molecule has 2 saturated heterocycles. The highest BCUT2D eigenvalue weighted by molar-refractivity contribution is 5.98. The summed E-state index contributed by atoms with van der Waals surface area (Å²) in [7, 11) is 0. The SMILES string of the molecule is C[C@@H]1COCCN1C[C@H]1CN(C(=O)OC(C)(C)C)[C@H](C)CN1CC(=O)N1CC(C)(C)c2c1cc(Cc1ccc(F)cc1)c1nnc(C(N)=O)n21. The number of fused-ring (bicyclic) bond motifs is 3. The third-order valence-corrected chi connectivity index (χ3v) is 9.91. The number of nitrogens with zero attached hydrogens (tertiary/aromatic N) is 7. The van der Waals surface area contributed by atoms with Crippen LogP contribution in [0, 0.1) is 5.82 Å². The molecule has 3 atom stereocenters. The van der Waals surface area contributed by atoms with Gasteiger partial charge < -0.3 is 25.0 Å². The van der Waals surface area contributed by atoms with Gasteiger partial charge in [-0.3, -0.25) is 23.8 Å². The van der Waals surface area contributed by atoms with Crippen molar-refractivity contribution in [2.75, 3.05) is 57.4 Å². The van der Waals surface area contributed by atoms with Gasteiger partial charge in [-0.25, -0.2) is 9.18 Å². The smallest absolute Gasteiger partial charge is 0.410 e. The summed E-state index contributed by atoms with van der Waals surface area (Å²) in [5, 5.41) is 8.51. The summed E-state index contributed by atoms with van der Waals surface area (Å²) < 4.78 is 26.9. The monoisotopic (exact) mass is 692 g/mol. The molecule has 50 heavy (non-hydrogen) atoms. The van der Waals surface area contributed by atoms with Crippen molar-refractivity contribution in [3.63, 3.8) is 0 Å². The molecule has 6 rings (SSSR count). The Balaban J connectivity index is 1.34. The number of pyridine rings is 1. The molecule has 0 bridgehead atoms. The minimum atomic E-state index is -0.726. The topological polar surface area (TPSA) is 139 Å². The van der Waals surface area contributed by atoms with Crippen LogP contribution in [0.15, 0.2) is 30.3 Å². The molecule has 3 aromatic rings. The van der Waals surface area contributed by atoms with Gasteiger partial charge >= 0.3 is 6.09 Å². The Bertz CT molecular complexity index is 1770. The molecule has 0 aliphatic carbocycles. The van der Waals surface area contributed by atoms with Crippen molar-refractivity contribution in [1.29, 1.82) is 0 Å². The van der Waals surface area contributed by atoms with Crippen molar-refractivity contribution < 1.29 is 28.2 Å². The zero-order valence-electron chi connectivity index (χ0n) is 30.1. The Morgan fingerprint density at radius 3 is 2.44 bits per heavy atom. The first-order valence-electron chi connectivity index (χ1n) is 17.3. The summed E-state index contributed by atoms with van der Waals surface area (Å²) in [6.07, 6.45) is 0.0171. The highest BCUT2D eigenvalue weighted by Crippen LogP contribution is 2.43. The Kier molecular flexibility index (Phi) is 9.66. The summed E-state index contributed by atoms with van der Waals surface area (Å²) >= 11 is 0. The maximum atomic E-state index is 14.5. The molecular weight excluding hydrogens is 643 g/mol. The van der Waals surface area contributed by atoms with Gasteiger partial charge in [0.25, 0.3) is 5.91 Å². The van der Waals surface area contributed by atoms with Crippen molar-refractivity contribution in [3.05, 3.63) is 58.8 Å². The van der Waals surface area contributed by atoms with Gasteiger partial charge in [0.05, 0.1) is 31.1 Å². The number of hydrogen-bond donors (Lipinski definition) is 1. The molecule has 3 amide bonds. The third kappa shape index (κ3) is 7.19. The lowest BCUT2D eigenvalue weighted by Crippen LogP contribution is -2.64. The van der Waals surface area contributed by atoms with E-state index < -0.39 is 16.9 Å². The maximum Gasteiger partial charge on any atom is 0.410 e. The van der Waals surface area contributed by atoms with Crippen molar-refractivity contribution in [2.24, 2.45) is 5.73 Å². The molecule has 0 saturated carbocycles. The van der Waals surface area contributed by atoms with Crippen molar-refractivity contribution in [3.8, 4) is 0 Å². The van der Waals surface area contributed by atoms with E-state index in [0.29, 0.717) is 57.1 Å². The molecule has 270 valence electrons. The van der Waals surface area contributed by atoms with Gasteiger partial charge in [-0.1, -0.05) is 26.0 Å². The first-order valence-corrected chi connectivity index (χ1v) is 17.3. The predicted molar refractivity (Wildman–Crippen MR) is 186 cm³/mol. The quantitative estimate of drug-likeness (QED) is 0.396. The molecule has 2 fully saturated rings. The van der Waals surface area contributed by atoms with Gasteiger partial charge in [0.15, 0.2) is 5.65 Å². The third-order valence-electron chi connectivity index (χ3n) is 9.91. The molecule has 0 radical (unpaired) electrons. The molecule has 3 aliphatic heterocycles. The number of amides is 3. The van der Waals surface area contributed by atoms with E-state index in [0.717, 1.165) is 23.4 Å². The molecule has 14 heteroatoms. The number of benzene rings is 1. The van der Waals surface area contributed by atoms with Crippen molar-refractivity contribution >= 4 is 29.2 Å². The number of rotatable bonds is 7. The van der Waals surface area contributed by atoms with E-state index in [1.807, 2.05) is 47.6 Å². The lowest BCUT2D eigenvalue weighted by atomic mass is 9.90. The highest BCUT2D eigenvalue weighted by Gasteiger charge is 2.44. The maximum absolute atomic E-state index is 14.5. The number of ether oxygens (including phenoxy) is 2. The van der Waals surface area contributed by atoms with Crippen molar-refractivity contribution in [2.45, 2.75) is 84.0 Å². The zero-order valence-corrected chi connectivity index (χ0v) is 30.1. The van der Waals surface area contributed by atoms with Gasteiger partial charge in [-0.2, -0.15) is 0 Å². The normalized spacial score (nSPS) is 22.9. The van der Waals surface area contributed by atoms with Crippen LogP contribution in [0.5, 0.6) is 0 Å². The number of carbonyl (C=O) groups is 3. The van der Waals surface area contributed by atoms with Crippen LogP contribution in [-0.4, -0.2) is 123 Å². The van der Waals surface area contributed by atoms with E-state index in [1.165, 1.54) is 12.1 Å². The summed E-state index contributed by atoms with van der Waals surface area (Å²) in [5.74, 6) is -1.18. The van der Waals surface area contributed by atoms with Crippen molar-refractivity contribution in [1.82, 2.24) is 29.3 Å². The van der Waals surface area contributed by atoms with Crippen LogP contribution < -0.4 is 10.6 Å². The molecular formula is C36H49FN8O5. The molecule has 2 N–H and O–H groups in total. The molecule has 0 unspecified atom stereocenters. The van der Waals surface area contributed by atoms with Gasteiger partial charge in [-0.15, -0.1) is 10.2 Å². The Morgan fingerprint density at radius 2 is 1.78 bits per heavy atom. The molecule has 2 aromatic heterocycles. The van der Waals surface area contributed by atoms with Crippen LogP contribution in [0.2, 0.25) is 0 Å². The number of carbonyl (C=O) groups excluding carboxylic acids is 3. The summed E-state index contributed by atoms with van der Waals surface area (Å²) in [6, 6.07) is 8.02. The van der Waals surface area contributed by atoms with E-state index in [9.17, 15) is 18.8 Å². The Labute approximate surface area is 292 Å². The summed E-state index contributed by atoms with van der Waals surface area (Å²) in [6.45, 7) is 17.8. The van der Waals surface area contributed by atoms with E-state index >= 15 is 0 Å². The lowest BCUT2D eigenvalue weighted by Gasteiger charge is -2.47. The first-order chi connectivity index (χ1) is 23.5. The number of anilines is 1. The van der Waals surface area contributed by atoms with E-state index in [4.69, 9.17) is 15.2 Å². The minimum absolute atomic E-state index is 0.00800. The fourth-order valence-corrected chi connectivity index (χ4v) is 7.48. The lowest BCUT2D eigenvalue weighted by molar-refractivity contribution is -0.121. The zero-order chi connectivity index (χ0) is 36.1. The van der Waals surface area contributed by atoms with Gasteiger partial charge in [0.2, 0.25) is 11.7 Å². The number of primary amides is 1. The predicted octanol–water partition coefficient (Wildman–Crippen LogP) is 3.21. The van der Waals surface area contributed by atoms with Crippen LogP contribution >= 0.6 is 0 Å². The van der Waals surface area contributed by atoms with Gasteiger partial charge in [0.1, 0.15) is 11.4 Å². The van der Waals surface area contributed by atoms with Crippen LogP contribution in [-0.2, 0) is 26.1 Å². The average molecular weight is 693 g/mol. The Morgan fingerprint density at radius 1 is 1.06 bits per heavy atom. The molecule has 13 nitrogen and oxygen atoms in total. The van der Waals surface area contributed by atoms with Gasteiger partial charge in [0, 0.05) is 68.2 Å². The fraction of sp³-hybridized carbons (Fsp3) is 0.583. The molecule has 3 aliphatic rings. The average Bonchev–Trinajstić information content (AvgIpc) is 3.58. The Hall–Kier alpha value is -4.14. The number of hydrogen-bond acceptors (Lipinski definition) is 9. The molecule has 5 heterocycles. The van der Waals surface area contributed by atoms with E-state index in [-0.39, 0.29) is 48.3 Å². The minimum Gasteiger partial charge on any atom is -0.444 e. The standard InChI is InChI=1S/C36H49FN8O5/c1-22-16-42(27(17-41-12-13-49-20-23(41)2)18-43(22)34(48)50-35(3,4)5)19-29(46)44-21-36(6,7)30-28(44)15-25(14-24-8-10-26(37)11-9-24)32-39-40-33(31(38)47)45(30)32/h8-11,15,22-23,27H,12-14,16-21H2,1-7H3,(H2,38,47)/t22-,23-,27+/m1/s1. The summed E-state index contributed by atoms with van der Waals surface area (Å²) in [4.78, 5) is 48.6. The number of morpholine rings is 1. The van der Waals surface area contributed by atoms with Crippen LogP contribution in [0.3, 0.4) is 0 Å². The van der Waals surface area contributed by atoms with Crippen LogP contribution in [0.4, 0.5) is 14.9 Å². The van der Waals surface area contributed by atoms with E-state index in [1.54, 1.807) is 26.3 Å². The van der Waals surface area contributed by atoms with E-state index in [2.05, 4.69) is 26.9 Å². The van der Waals surface area contributed by atoms with Gasteiger partial charge in [-0.05, 0) is 58.4 Å². The fourth-order valence-electron chi connectivity index (χ4n) is 7.48. The number of aromatic nitrogens is 3. The first kappa shape index (κ1) is 35.7. The second kappa shape index (κ2) is 13.5. The number of halogens is 1. The largest absolute Gasteiger partial charge is 0.444 e. The van der Waals surface area contributed by atoms with Crippen LogP contribution in [0.25, 0.3) is 5.65 Å². The summed E-state index contributed by atoms with van der Waals surface area (Å²) in [5.41, 5.74) is 8.00. The number of piperazine rings is 1. The number of nitrogens with two attached hydrogens (primary N) is 1. The molecule has 1 aromatic carbocycles. The second-order valence-electron chi connectivity index (χ2n) is 15.6. The second-order valence-corrected chi connectivity index (χ2v) is 15.6. The highest BCUT2D eigenvalue weighted by atomic mass is 19.1. The molecule has 0 spiro atoms.